The van der Waals surface area contributed by atoms with E-state index in [1.165, 1.54) is 18.9 Å². The minimum absolute atomic E-state index is 0.247. The number of nitrogens with zero attached hydrogens (tertiary/aromatic N) is 1. The second-order valence-corrected chi connectivity index (χ2v) is 15.0. The molecule has 1 aliphatic carbocycles. The molecule has 294 valence electrons. The molecule has 0 aliphatic heterocycles. The molecular weight excluding hydrogens is 745 g/mol. The Balaban J connectivity index is 0.000000290. The van der Waals surface area contributed by atoms with E-state index < -0.39 is 81.0 Å². The van der Waals surface area contributed by atoms with Crippen molar-refractivity contribution < 1.29 is 54.6 Å². The van der Waals surface area contributed by atoms with Gasteiger partial charge in [0.2, 0.25) is 0 Å². The largest absolute Gasteiger partial charge is 0.496 e. The highest BCUT2D eigenvalue weighted by Crippen LogP contribution is 2.60. The summed E-state index contributed by atoms with van der Waals surface area (Å²) in [6.45, 7) is 14.0. The highest BCUT2D eigenvalue weighted by Gasteiger charge is 2.62. The molecule has 0 saturated heterocycles. The van der Waals surface area contributed by atoms with Crippen LogP contribution in [-0.4, -0.2) is 41.6 Å². The van der Waals surface area contributed by atoms with E-state index >= 15 is 0 Å². The Labute approximate surface area is 314 Å². The van der Waals surface area contributed by atoms with E-state index in [9.17, 15) is 45.1 Å². The number of carbonyl (C=O) groups is 3. The van der Waals surface area contributed by atoms with Gasteiger partial charge < -0.3 is 9.47 Å². The lowest BCUT2D eigenvalue weighted by Gasteiger charge is -2.35. The molecule has 1 aliphatic rings. The zero-order chi connectivity index (χ0) is 41.2. The Morgan fingerprint density at radius 2 is 1.43 bits per heavy atom. The lowest BCUT2D eigenvalue weighted by atomic mass is 10.0. The van der Waals surface area contributed by atoms with Crippen molar-refractivity contribution >= 4 is 29.4 Å². The van der Waals surface area contributed by atoms with Gasteiger partial charge in [-0.2, -0.15) is 13.2 Å². The van der Waals surface area contributed by atoms with Crippen molar-refractivity contribution in [2.75, 3.05) is 7.11 Å². The number of benzene rings is 3. The summed E-state index contributed by atoms with van der Waals surface area (Å²) in [4.78, 5) is 38.1. The van der Waals surface area contributed by atoms with Crippen molar-refractivity contribution in [1.29, 1.82) is 0 Å². The molecular formula is C39H42ClF7N2O5. The molecule has 2 amide bonds. The third kappa shape index (κ3) is 9.74. The fraction of sp³-hybridized carbons (Fsp3) is 0.410. The first-order valence-electron chi connectivity index (χ1n) is 16.6. The smallest absolute Gasteiger partial charge is 0.426 e. The van der Waals surface area contributed by atoms with Crippen LogP contribution >= 0.6 is 11.6 Å². The van der Waals surface area contributed by atoms with Crippen LogP contribution in [0.25, 0.3) is 0 Å². The van der Waals surface area contributed by atoms with E-state index in [-0.39, 0.29) is 11.8 Å². The summed E-state index contributed by atoms with van der Waals surface area (Å²) in [7, 11) is 1.56. The highest BCUT2D eigenvalue weighted by atomic mass is 35.5. The predicted octanol–water partition coefficient (Wildman–Crippen LogP) is 9.76. The second-order valence-electron chi connectivity index (χ2n) is 14.6. The zero-order valence-electron chi connectivity index (χ0n) is 31.4. The van der Waals surface area contributed by atoms with E-state index in [0.717, 1.165) is 23.6 Å². The number of nitrogens with one attached hydrogen (secondary N) is 1. The summed E-state index contributed by atoms with van der Waals surface area (Å²) < 4.78 is 102. The number of allylic oxidation sites excluding steroid dienone is 2. The van der Waals surface area contributed by atoms with Gasteiger partial charge in [0.25, 0.3) is 11.8 Å². The number of alkyl halides is 3. The molecule has 54 heavy (non-hydrogen) atoms. The molecule has 7 nitrogen and oxygen atoms in total. The number of esters is 1. The lowest BCUT2D eigenvalue weighted by Crippen LogP contribution is -2.56. The Morgan fingerprint density at radius 1 is 0.889 bits per heavy atom. The number of ether oxygens (including phenoxy) is 2. The van der Waals surface area contributed by atoms with Gasteiger partial charge in [0.05, 0.1) is 24.1 Å². The van der Waals surface area contributed by atoms with Crippen LogP contribution in [0.3, 0.4) is 0 Å². The second kappa shape index (κ2) is 16.4. The molecule has 0 aromatic heterocycles. The van der Waals surface area contributed by atoms with Crippen molar-refractivity contribution in [2.45, 2.75) is 80.6 Å². The normalized spacial score (nSPS) is 16.5. The van der Waals surface area contributed by atoms with Crippen LogP contribution in [0.5, 0.6) is 5.75 Å². The summed E-state index contributed by atoms with van der Waals surface area (Å²) in [5.41, 5.74) is 3.01. The third-order valence-corrected chi connectivity index (χ3v) is 9.34. The average molecular weight is 787 g/mol. The first-order valence-corrected chi connectivity index (χ1v) is 16.9. The molecule has 2 unspecified atom stereocenters. The van der Waals surface area contributed by atoms with Gasteiger partial charge in [-0.25, -0.2) is 22.6 Å². The van der Waals surface area contributed by atoms with Crippen molar-refractivity contribution in [3.63, 3.8) is 0 Å². The molecule has 4 rings (SSSR count). The van der Waals surface area contributed by atoms with Gasteiger partial charge in [0, 0.05) is 22.3 Å². The number of rotatable bonds is 7. The van der Waals surface area contributed by atoms with Crippen LogP contribution in [0, 0.1) is 68.2 Å². The first-order chi connectivity index (χ1) is 24.7. The van der Waals surface area contributed by atoms with Crippen molar-refractivity contribution in [3.05, 3.63) is 110 Å². The van der Waals surface area contributed by atoms with E-state index in [1.54, 1.807) is 25.3 Å². The Morgan fingerprint density at radius 3 is 1.91 bits per heavy atom. The SMILES string of the molecule is COc1cccc(C(=O)NN(C(=O)c2cc(C)cc(C)c2)C(C)(C)C)c1C.Cc1c(F)c(F)c(COC(=O)C2C(/C=C(\Cl)C(F)(F)F)C2(C)C)c(F)c1F. The molecule has 1 N–H and O–H groups in total. The van der Waals surface area contributed by atoms with Crippen LogP contribution in [-0.2, 0) is 16.1 Å². The third-order valence-electron chi connectivity index (χ3n) is 9.00. The van der Waals surface area contributed by atoms with Crippen LogP contribution in [0.1, 0.15) is 83.2 Å². The van der Waals surface area contributed by atoms with Gasteiger partial charge >= 0.3 is 12.1 Å². The molecule has 1 saturated carbocycles. The number of methoxy groups -OCH3 is 1. The Kier molecular flexibility index (Phi) is 13.3. The monoisotopic (exact) mass is 786 g/mol. The number of aryl methyl sites for hydroxylation is 2. The van der Waals surface area contributed by atoms with E-state index in [1.807, 2.05) is 59.7 Å². The number of amides is 2. The van der Waals surface area contributed by atoms with E-state index in [4.69, 9.17) is 21.1 Å². The number of hydrogen-bond donors (Lipinski definition) is 1. The van der Waals surface area contributed by atoms with Gasteiger partial charge in [-0.05, 0) is 84.1 Å². The summed E-state index contributed by atoms with van der Waals surface area (Å²) in [6.07, 6.45) is -4.11. The maximum absolute atomic E-state index is 13.8. The zero-order valence-corrected chi connectivity index (χ0v) is 32.2. The topological polar surface area (TPSA) is 84.9 Å². The van der Waals surface area contributed by atoms with Gasteiger partial charge in [0.15, 0.2) is 23.3 Å². The fourth-order valence-corrected chi connectivity index (χ4v) is 5.97. The van der Waals surface area contributed by atoms with Crippen molar-refractivity contribution in [3.8, 4) is 5.75 Å². The highest BCUT2D eigenvalue weighted by molar-refractivity contribution is 6.30. The molecule has 0 radical (unpaired) electrons. The molecule has 0 spiro atoms. The van der Waals surface area contributed by atoms with Crippen LogP contribution in [0.2, 0.25) is 0 Å². The molecule has 2 atom stereocenters. The minimum atomic E-state index is -4.78. The molecule has 1 fully saturated rings. The van der Waals surface area contributed by atoms with Crippen molar-refractivity contribution in [2.24, 2.45) is 17.3 Å². The quantitative estimate of drug-likeness (QED) is 0.112. The standard InChI is InChI=1S/C22H28N2O3.C17H14ClF7O2/c1-14-11-15(2)13-17(12-14)21(26)24(22(4,5)6)23-20(25)18-9-8-10-19(27-7)16(18)3;1-6-11(19)13(21)7(14(22)12(6)20)5-27-15(26)10-8(16(10,2)3)4-9(18)17(23,24)25/h8-13H,1-7H3,(H,23,25);4,8,10H,5H2,1-3H3/b;9-4-. The number of hydrazine groups is 1. The molecule has 0 heterocycles. The number of halogens is 8. The summed E-state index contributed by atoms with van der Waals surface area (Å²) in [5, 5.41) is -0.0155. The summed E-state index contributed by atoms with van der Waals surface area (Å²) in [6, 6.07) is 10.9. The fourth-order valence-electron chi connectivity index (χ4n) is 5.83. The minimum Gasteiger partial charge on any atom is -0.496 e. The van der Waals surface area contributed by atoms with E-state index in [2.05, 4.69) is 5.43 Å². The van der Waals surface area contributed by atoms with Gasteiger partial charge in [0.1, 0.15) is 17.4 Å². The van der Waals surface area contributed by atoms with Crippen LogP contribution < -0.4 is 10.2 Å². The molecule has 3 aromatic carbocycles. The van der Waals surface area contributed by atoms with Gasteiger partial charge in [-0.15, -0.1) is 0 Å². The van der Waals surface area contributed by atoms with Gasteiger partial charge in [-0.1, -0.05) is 54.8 Å². The maximum atomic E-state index is 13.8. The van der Waals surface area contributed by atoms with Crippen LogP contribution in [0.15, 0.2) is 47.5 Å². The average Bonchev–Trinajstić information content (AvgIpc) is 3.62. The van der Waals surface area contributed by atoms with E-state index in [0.29, 0.717) is 23.0 Å². The lowest BCUT2D eigenvalue weighted by molar-refractivity contribution is -0.147. The Hall–Kier alpha value is -4.59. The number of hydrogen-bond acceptors (Lipinski definition) is 5. The van der Waals surface area contributed by atoms with Gasteiger partial charge in [-0.3, -0.25) is 19.8 Å². The number of carbonyl (C=O) groups excluding carboxylic acids is 3. The Bertz CT molecular complexity index is 1920. The van der Waals surface area contributed by atoms with Crippen LogP contribution in [0.4, 0.5) is 30.7 Å². The molecule has 15 heteroatoms. The molecule has 0 bridgehead atoms. The first kappa shape index (κ1) is 43.8. The predicted molar refractivity (Wildman–Crippen MR) is 189 cm³/mol. The van der Waals surface area contributed by atoms with Crippen molar-refractivity contribution in [1.82, 2.24) is 10.4 Å². The summed E-state index contributed by atoms with van der Waals surface area (Å²) in [5.74, 6) is -9.65. The maximum Gasteiger partial charge on any atom is 0.426 e. The molecule has 3 aromatic rings. The summed E-state index contributed by atoms with van der Waals surface area (Å²) >= 11 is 5.15.